The maximum atomic E-state index is 13.4. The fourth-order valence-corrected chi connectivity index (χ4v) is 4.21. The lowest BCUT2D eigenvalue weighted by Gasteiger charge is -2.11. The summed E-state index contributed by atoms with van der Waals surface area (Å²) in [5.41, 5.74) is 6.58. The van der Waals surface area contributed by atoms with Gasteiger partial charge in [0.15, 0.2) is 0 Å². The van der Waals surface area contributed by atoms with Gasteiger partial charge < -0.3 is 9.84 Å². The van der Waals surface area contributed by atoms with E-state index >= 15 is 0 Å². The van der Waals surface area contributed by atoms with E-state index < -0.39 is 5.97 Å². The van der Waals surface area contributed by atoms with Gasteiger partial charge in [0.25, 0.3) is 11.9 Å². The van der Waals surface area contributed by atoms with Gasteiger partial charge in [-0.1, -0.05) is 43.3 Å². The number of para-hydroxylation sites is 2. The molecule has 0 radical (unpaired) electrons. The Labute approximate surface area is 233 Å². The van der Waals surface area contributed by atoms with E-state index in [9.17, 15) is 4.79 Å². The van der Waals surface area contributed by atoms with E-state index in [0.29, 0.717) is 17.9 Å². The van der Waals surface area contributed by atoms with Crippen molar-refractivity contribution < 1.29 is 19.4 Å². The predicted molar refractivity (Wildman–Crippen MR) is 158 cm³/mol. The van der Waals surface area contributed by atoms with E-state index in [0.717, 1.165) is 52.9 Å². The van der Waals surface area contributed by atoms with Crippen molar-refractivity contribution in [3.8, 4) is 22.7 Å². The molecule has 1 aliphatic heterocycles. The number of hydrazone groups is 1. The van der Waals surface area contributed by atoms with Crippen molar-refractivity contribution in [1.29, 1.82) is 0 Å². The molecule has 1 aromatic heterocycles. The number of rotatable bonds is 7. The molecule has 0 unspecified atom stereocenters. The van der Waals surface area contributed by atoms with Crippen molar-refractivity contribution in [3.05, 3.63) is 102 Å². The maximum Gasteiger partial charge on any atom is 0.300 e. The van der Waals surface area contributed by atoms with Crippen molar-refractivity contribution in [2.45, 2.75) is 34.1 Å². The lowest BCUT2D eigenvalue weighted by Crippen LogP contribution is -2.21. The van der Waals surface area contributed by atoms with E-state index in [4.69, 9.17) is 19.7 Å². The van der Waals surface area contributed by atoms with E-state index in [1.54, 1.807) is 0 Å². The highest BCUT2D eigenvalue weighted by Gasteiger charge is 2.29. The molecular formula is C32H32N4O4. The first-order valence-corrected chi connectivity index (χ1v) is 13.0. The van der Waals surface area contributed by atoms with Gasteiger partial charge in [-0.25, -0.2) is 4.68 Å². The van der Waals surface area contributed by atoms with Crippen LogP contribution in [0.2, 0.25) is 0 Å². The van der Waals surface area contributed by atoms with Crippen LogP contribution in [0.5, 0.6) is 5.75 Å². The van der Waals surface area contributed by atoms with E-state index in [2.05, 4.69) is 18.9 Å². The first-order chi connectivity index (χ1) is 19.3. The zero-order valence-electron chi connectivity index (χ0n) is 23.0. The number of amides is 1. The molecule has 0 fully saturated rings. The third kappa shape index (κ3) is 6.53. The summed E-state index contributed by atoms with van der Waals surface area (Å²) in [4.78, 5) is 22.4. The Kier molecular flexibility index (Phi) is 8.91. The number of aromatic nitrogens is 2. The van der Waals surface area contributed by atoms with E-state index in [-0.39, 0.29) is 5.91 Å². The van der Waals surface area contributed by atoms with Gasteiger partial charge in [-0.3, -0.25) is 9.59 Å². The van der Waals surface area contributed by atoms with Crippen LogP contribution in [0.3, 0.4) is 0 Å². The van der Waals surface area contributed by atoms with Crippen LogP contribution >= 0.6 is 0 Å². The lowest BCUT2D eigenvalue weighted by molar-refractivity contribution is -0.134. The number of carbonyl (C=O) groups is 2. The Hall–Kier alpha value is -4.98. The first kappa shape index (κ1) is 28.0. The number of carbonyl (C=O) groups excluding carboxylic acids is 1. The summed E-state index contributed by atoms with van der Waals surface area (Å²) in [5, 5.41) is 18.3. The van der Waals surface area contributed by atoms with Crippen molar-refractivity contribution in [2.24, 2.45) is 5.10 Å². The van der Waals surface area contributed by atoms with Crippen LogP contribution in [0.4, 0.5) is 5.69 Å². The molecule has 0 atom stereocenters. The molecule has 40 heavy (non-hydrogen) atoms. The topological polar surface area (TPSA) is 97.0 Å². The summed E-state index contributed by atoms with van der Waals surface area (Å²) in [6.45, 7) is 7.76. The Morgan fingerprint density at radius 3 is 2.20 bits per heavy atom. The molecule has 5 rings (SSSR count). The van der Waals surface area contributed by atoms with Gasteiger partial charge in [0.05, 0.1) is 29.3 Å². The Morgan fingerprint density at radius 1 is 0.975 bits per heavy atom. The van der Waals surface area contributed by atoms with Gasteiger partial charge in [-0.15, -0.1) is 0 Å². The summed E-state index contributed by atoms with van der Waals surface area (Å²) >= 11 is 0. The Balaban J connectivity index is 0.000000867. The number of hydrogen-bond acceptors (Lipinski definition) is 5. The summed E-state index contributed by atoms with van der Waals surface area (Å²) in [6, 6.07) is 25.5. The molecule has 1 amide bonds. The predicted octanol–water partition coefficient (Wildman–Crippen LogP) is 6.53. The summed E-state index contributed by atoms with van der Waals surface area (Å²) < 4.78 is 7.67. The minimum absolute atomic E-state index is 0.155. The molecule has 4 aromatic rings. The largest absolute Gasteiger partial charge is 0.494 e. The molecule has 0 saturated carbocycles. The zero-order chi connectivity index (χ0) is 28.6. The molecule has 0 aliphatic carbocycles. The fraction of sp³-hybridized carbons (Fsp3) is 0.188. The first-order valence-electron chi connectivity index (χ1n) is 13.0. The summed E-state index contributed by atoms with van der Waals surface area (Å²) in [7, 11) is 0. The lowest BCUT2D eigenvalue weighted by atomic mass is 10.0. The van der Waals surface area contributed by atoms with Gasteiger partial charge in [-0.2, -0.15) is 15.2 Å². The van der Waals surface area contributed by atoms with Crippen molar-refractivity contribution in [2.75, 3.05) is 11.6 Å². The van der Waals surface area contributed by atoms with Gasteiger partial charge in [0.1, 0.15) is 11.4 Å². The summed E-state index contributed by atoms with van der Waals surface area (Å²) in [6.07, 6.45) is 4.81. The van der Waals surface area contributed by atoms with Crippen LogP contribution in [0.25, 0.3) is 23.0 Å². The molecule has 8 nitrogen and oxygen atoms in total. The summed E-state index contributed by atoms with van der Waals surface area (Å²) in [5.74, 6) is -0.148. The minimum Gasteiger partial charge on any atom is -0.494 e. The Morgan fingerprint density at radius 2 is 1.60 bits per heavy atom. The second kappa shape index (κ2) is 12.7. The SMILES string of the molecule is CC(=O)O.CCCOc1ccc(-c2nn(-c3ccccc3)cc2C=C2C(=O)N(c3ccccc3)N=C2C)c(C)c1. The fourth-order valence-electron chi connectivity index (χ4n) is 4.21. The quantitative estimate of drug-likeness (QED) is 0.271. The minimum atomic E-state index is -0.833. The van der Waals surface area contributed by atoms with Gasteiger partial charge >= 0.3 is 0 Å². The molecule has 1 N–H and O–H groups in total. The highest BCUT2D eigenvalue weighted by atomic mass is 16.5. The molecular weight excluding hydrogens is 504 g/mol. The number of aliphatic carboxylic acids is 1. The average molecular weight is 537 g/mol. The third-order valence-electron chi connectivity index (χ3n) is 6.05. The highest BCUT2D eigenvalue weighted by molar-refractivity contribution is 6.32. The van der Waals surface area contributed by atoms with E-state index in [1.165, 1.54) is 5.01 Å². The van der Waals surface area contributed by atoms with Crippen LogP contribution in [-0.2, 0) is 9.59 Å². The van der Waals surface area contributed by atoms with Crippen LogP contribution in [0.15, 0.2) is 95.7 Å². The van der Waals surface area contributed by atoms with Crippen molar-refractivity contribution in [3.63, 3.8) is 0 Å². The number of carboxylic acid groups (broad SMARTS) is 1. The number of carboxylic acids is 1. The average Bonchev–Trinajstić information content (AvgIpc) is 3.49. The normalized spacial score (nSPS) is 13.6. The molecule has 0 bridgehead atoms. The number of aryl methyl sites for hydroxylation is 1. The van der Waals surface area contributed by atoms with Crippen molar-refractivity contribution >= 4 is 29.4 Å². The highest BCUT2D eigenvalue weighted by Crippen LogP contribution is 2.32. The Bertz CT molecular complexity index is 1550. The zero-order valence-corrected chi connectivity index (χ0v) is 23.0. The molecule has 204 valence electrons. The van der Waals surface area contributed by atoms with Crippen LogP contribution in [0.1, 0.15) is 38.3 Å². The molecule has 3 aromatic carbocycles. The second-order valence-corrected chi connectivity index (χ2v) is 9.25. The van der Waals surface area contributed by atoms with Gasteiger partial charge in [-0.05, 0) is 74.4 Å². The maximum absolute atomic E-state index is 13.4. The van der Waals surface area contributed by atoms with Gasteiger partial charge in [0, 0.05) is 24.2 Å². The number of anilines is 1. The molecule has 0 spiro atoms. The monoisotopic (exact) mass is 536 g/mol. The molecule has 2 heterocycles. The standard InChI is InChI=1S/C30H28N4O2.C2H4O2/c1-4-17-36-26-15-16-27(21(2)18-26)29-23(20-33(32-29)24-11-7-5-8-12-24)19-28-22(3)31-34(30(28)35)25-13-9-6-10-14-25;1-2(3)4/h5-16,18-20H,4,17H2,1-3H3;1H3,(H,3,4). The van der Waals surface area contributed by atoms with Crippen LogP contribution < -0.4 is 9.75 Å². The second-order valence-electron chi connectivity index (χ2n) is 9.25. The van der Waals surface area contributed by atoms with Crippen LogP contribution in [0, 0.1) is 6.92 Å². The number of nitrogens with zero attached hydrogens (tertiary/aromatic N) is 4. The van der Waals surface area contributed by atoms with Gasteiger partial charge in [0.2, 0.25) is 0 Å². The number of hydrogen-bond donors (Lipinski definition) is 1. The number of ether oxygens (including phenoxy) is 1. The van der Waals surface area contributed by atoms with Crippen LogP contribution in [-0.4, -0.2) is 39.1 Å². The third-order valence-corrected chi connectivity index (χ3v) is 6.05. The molecule has 0 saturated heterocycles. The number of benzene rings is 3. The smallest absolute Gasteiger partial charge is 0.300 e. The van der Waals surface area contributed by atoms with Crippen molar-refractivity contribution in [1.82, 2.24) is 9.78 Å². The molecule has 8 heteroatoms. The molecule has 1 aliphatic rings. The van der Waals surface area contributed by atoms with E-state index in [1.807, 2.05) is 103 Å².